The molecule has 2 aromatic rings. The molecule has 4 rings (SSSR count). The average Bonchev–Trinajstić information content (AvgIpc) is 3.33. The van der Waals surface area contributed by atoms with Crippen LogP contribution in [0.2, 0.25) is 0 Å². The van der Waals surface area contributed by atoms with E-state index in [9.17, 15) is 18.0 Å². The number of hydrogen-bond acceptors (Lipinski definition) is 4. The molecule has 3 heterocycles. The number of halogens is 3. The molecule has 168 valence electrons. The van der Waals surface area contributed by atoms with Crippen LogP contribution in [0.1, 0.15) is 20.9 Å². The highest BCUT2D eigenvalue weighted by Gasteiger charge is 2.45. The summed E-state index contributed by atoms with van der Waals surface area (Å²) in [6.45, 7) is 8.90. The van der Waals surface area contributed by atoms with Gasteiger partial charge in [-0.2, -0.15) is 13.2 Å². The summed E-state index contributed by atoms with van der Waals surface area (Å²) in [5.41, 5.74) is 2.51. The highest BCUT2D eigenvalue weighted by molar-refractivity contribution is 7.11. The quantitative estimate of drug-likeness (QED) is 0.756. The standard InChI is InChI=1S/C20H24N2OS.C2HF3O2/c1-14-4-3-5-16(8-14)9-22-11-17-10-21(13-19(17)20(22)23)12-18-7-6-15(2)24-18;3-2(4,5)1(6)7/h3-8,17,19H,9-13H2,1-2H3;(H,6,7)/t17-,19-;/m0./s1. The van der Waals surface area contributed by atoms with Crippen LogP contribution in [0.5, 0.6) is 0 Å². The topological polar surface area (TPSA) is 60.9 Å². The summed E-state index contributed by atoms with van der Waals surface area (Å²) in [4.78, 5) is 29.0. The van der Waals surface area contributed by atoms with Crippen LogP contribution in [0.25, 0.3) is 0 Å². The van der Waals surface area contributed by atoms with E-state index in [1.807, 2.05) is 11.3 Å². The van der Waals surface area contributed by atoms with E-state index in [1.165, 1.54) is 20.9 Å². The van der Waals surface area contributed by atoms with Crippen molar-refractivity contribution in [1.29, 1.82) is 0 Å². The maximum Gasteiger partial charge on any atom is 0.490 e. The summed E-state index contributed by atoms with van der Waals surface area (Å²) in [7, 11) is 0. The zero-order valence-electron chi connectivity index (χ0n) is 17.4. The Bertz CT molecular complexity index is 944. The second kappa shape index (κ2) is 9.40. The second-order valence-corrected chi connectivity index (χ2v) is 9.46. The molecule has 2 aliphatic rings. The molecule has 1 aromatic heterocycles. The fourth-order valence-corrected chi connectivity index (χ4v) is 5.06. The number of rotatable bonds is 4. The largest absolute Gasteiger partial charge is 0.490 e. The van der Waals surface area contributed by atoms with Crippen LogP contribution in [-0.4, -0.2) is 52.6 Å². The Labute approximate surface area is 183 Å². The van der Waals surface area contributed by atoms with E-state index in [0.717, 1.165) is 32.7 Å². The molecule has 0 aliphatic carbocycles. The molecule has 0 saturated carbocycles. The highest BCUT2D eigenvalue weighted by atomic mass is 32.1. The first-order valence-electron chi connectivity index (χ1n) is 9.95. The van der Waals surface area contributed by atoms with Crippen LogP contribution in [-0.2, 0) is 22.7 Å². The third-order valence-corrected chi connectivity index (χ3v) is 6.46. The van der Waals surface area contributed by atoms with E-state index in [2.05, 4.69) is 60.0 Å². The van der Waals surface area contributed by atoms with Gasteiger partial charge in [0.1, 0.15) is 0 Å². The minimum atomic E-state index is -5.08. The number of aryl methyl sites for hydroxylation is 2. The Balaban J connectivity index is 0.000000339. The Morgan fingerprint density at radius 2 is 1.84 bits per heavy atom. The molecule has 1 amide bonds. The number of thiophene rings is 1. The molecule has 2 fully saturated rings. The molecule has 2 saturated heterocycles. The number of carbonyl (C=O) groups is 2. The molecule has 2 aliphatic heterocycles. The van der Waals surface area contributed by atoms with Crippen LogP contribution in [0.3, 0.4) is 0 Å². The van der Waals surface area contributed by atoms with Gasteiger partial charge >= 0.3 is 12.1 Å². The molecule has 1 N–H and O–H groups in total. The molecule has 0 radical (unpaired) electrons. The summed E-state index contributed by atoms with van der Waals surface area (Å²) in [5.74, 6) is -1.70. The van der Waals surface area contributed by atoms with Gasteiger partial charge in [-0.15, -0.1) is 11.3 Å². The van der Waals surface area contributed by atoms with E-state index < -0.39 is 12.1 Å². The van der Waals surface area contributed by atoms with E-state index >= 15 is 0 Å². The van der Waals surface area contributed by atoms with Gasteiger partial charge in [0.2, 0.25) is 5.91 Å². The number of amides is 1. The number of nitrogens with zero attached hydrogens (tertiary/aromatic N) is 2. The molecule has 0 spiro atoms. The minimum absolute atomic E-state index is 0.205. The molecular weight excluding hydrogens is 429 g/mol. The van der Waals surface area contributed by atoms with E-state index in [4.69, 9.17) is 9.90 Å². The summed E-state index contributed by atoms with van der Waals surface area (Å²) >= 11 is 1.87. The predicted octanol–water partition coefficient (Wildman–Crippen LogP) is 4.09. The number of carboxylic acids is 1. The second-order valence-electron chi connectivity index (χ2n) is 8.08. The van der Waals surface area contributed by atoms with Gasteiger partial charge in [-0.25, -0.2) is 4.79 Å². The van der Waals surface area contributed by atoms with Gasteiger partial charge in [-0.1, -0.05) is 29.8 Å². The number of carboxylic acid groups (broad SMARTS) is 1. The van der Waals surface area contributed by atoms with Gasteiger partial charge in [-0.05, 0) is 31.5 Å². The lowest BCUT2D eigenvalue weighted by Crippen LogP contribution is -2.32. The Kier molecular flexibility index (Phi) is 7.06. The number of benzene rings is 1. The minimum Gasteiger partial charge on any atom is -0.475 e. The van der Waals surface area contributed by atoms with Crippen molar-refractivity contribution in [2.24, 2.45) is 11.8 Å². The fourth-order valence-electron chi connectivity index (χ4n) is 4.13. The van der Waals surface area contributed by atoms with Crippen molar-refractivity contribution in [3.63, 3.8) is 0 Å². The lowest BCUT2D eigenvalue weighted by atomic mass is 10.0. The number of hydrogen-bond donors (Lipinski definition) is 1. The molecule has 0 bridgehead atoms. The maximum absolute atomic E-state index is 12.8. The summed E-state index contributed by atoms with van der Waals surface area (Å²) in [6.07, 6.45) is -5.08. The maximum atomic E-state index is 12.8. The van der Waals surface area contributed by atoms with Crippen molar-refractivity contribution in [3.05, 3.63) is 57.3 Å². The van der Waals surface area contributed by atoms with Crippen molar-refractivity contribution in [1.82, 2.24) is 9.80 Å². The average molecular weight is 455 g/mol. The van der Waals surface area contributed by atoms with Crippen LogP contribution >= 0.6 is 11.3 Å². The molecule has 0 unspecified atom stereocenters. The predicted molar refractivity (Wildman–Crippen MR) is 112 cm³/mol. The van der Waals surface area contributed by atoms with Crippen molar-refractivity contribution >= 4 is 23.2 Å². The van der Waals surface area contributed by atoms with Gasteiger partial charge in [0.05, 0.1) is 5.92 Å². The van der Waals surface area contributed by atoms with E-state index in [1.54, 1.807) is 0 Å². The van der Waals surface area contributed by atoms with Crippen molar-refractivity contribution in [3.8, 4) is 0 Å². The first kappa shape index (κ1) is 23.3. The molecular formula is C22H25F3N2O3S. The van der Waals surface area contributed by atoms with Crippen LogP contribution in [0.15, 0.2) is 36.4 Å². The summed E-state index contributed by atoms with van der Waals surface area (Å²) in [6, 6.07) is 12.9. The highest BCUT2D eigenvalue weighted by Crippen LogP contribution is 2.34. The number of carbonyl (C=O) groups excluding carboxylic acids is 1. The molecule has 2 atom stereocenters. The van der Waals surface area contributed by atoms with E-state index in [0.29, 0.717) is 11.8 Å². The first-order valence-corrected chi connectivity index (χ1v) is 10.8. The Morgan fingerprint density at radius 1 is 1.13 bits per heavy atom. The zero-order chi connectivity index (χ0) is 22.8. The van der Waals surface area contributed by atoms with Crippen molar-refractivity contribution in [2.45, 2.75) is 33.1 Å². The van der Waals surface area contributed by atoms with Crippen molar-refractivity contribution < 1.29 is 27.9 Å². The first-order chi connectivity index (χ1) is 14.5. The van der Waals surface area contributed by atoms with Gasteiger partial charge in [-0.3, -0.25) is 9.69 Å². The normalized spacial score (nSPS) is 21.1. The SMILES string of the molecule is Cc1cccc(CN2C[C@@H]3CN(Cc4ccc(C)s4)C[C@@H]3C2=O)c1.O=C(O)C(F)(F)F. The zero-order valence-corrected chi connectivity index (χ0v) is 18.2. The summed E-state index contributed by atoms with van der Waals surface area (Å²) < 4.78 is 31.7. The molecule has 31 heavy (non-hydrogen) atoms. The molecule has 5 nitrogen and oxygen atoms in total. The number of fused-ring (bicyclic) bond motifs is 1. The Morgan fingerprint density at radius 3 is 2.39 bits per heavy atom. The summed E-state index contributed by atoms with van der Waals surface area (Å²) in [5, 5.41) is 7.12. The Hall–Kier alpha value is -2.39. The lowest BCUT2D eigenvalue weighted by molar-refractivity contribution is -0.192. The smallest absolute Gasteiger partial charge is 0.475 e. The van der Waals surface area contributed by atoms with E-state index in [-0.39, 0.29) is 5.92 Å². The van der Waals surface area contributed by atoms with Gasteiger partial charge in [0.25, 0.3) is 0 Å². The molecule has 9 heteroatoms. The fraction of sp³-hybridized carbons (Fsp3) is 0.455. The monoisotopic (exact) mass is 454 g/mol. The van der Waals surface area contributed by atoms with Crippen LogP contribution in [0.4, 0.5) is 13.2 Å². The lowest BCUT2D eigenvalue weighted by Gasteiger charge is -2.21. The third-order valence-electron chi connectivity index (χ3n) is 5.47. The van der Waals surface area contributed by atoms with Gasteiger partial charge < -0.3 is 10.0 Å². The van der Waals surface area contributed by atoms with Gasteiger partial charge in [0, 0.05) is 48.4 Å². The van der Waals surface area contributed by atoms with Crippen LogP contribution in [0, 0.1) is 25.7 Å². The number of likely N-dealkylation sites (tertiary alicyclic amines) is 2. The van der Waals surface area contributed by atoms with Crippen molar-refractivity contribution in [2.75, 3.05) is 19.6 Å². The third kappa shape index (κ3) is 6.07. The number of aliphatic carboxylic acids is 1. The molecule has 1 aromatic carbocycles. The van der Waals surface area contributed by atoms with Gasteiger partial charge in [0.15, 0.2) is 0 Å². The van der Waals surface area contributed by atoms with Crippen LogP contribution < -0.4 is 0 Å². The number of alkyl halides is 3.